The number of hydrogen-bond acceptors (Lipinski definition) is 4. The van der Waals surface area contributed by atoms with E-state index in [1.54, 1.807) is 60.7 Å². The molecule has 0 aromatic heterocycles. The molecule has 0 fully saturated rings. The molecule has 1 amide bonds. The summed E-state index contributed by atoms with van der Waals surface area (Å²) < 4.78 is 33.0. The Morgan fingerprint density at radius 3 is 2.21 bits per heavy atom. The number of sulfonamides is 1. The molecule has 1 aliphatic rings. The van der Waals surface area contributed by atoms with Crippen LogP contribution in [-0.2, 0) is 10.0 Å². The van der Waals surface area contributed by atoms with Gasteiger partial charge >= 0.3 is 0 Å². The number of amides is 1. The molecule has 6 nitrogen and oxygen atoms in total. The number of carbonyl (C=O) groups is 1. The van der Waals surface area contributed by atoms with E-state index >= 15 is 0 Å². The maximum atomic E-state index is 13.1. The van der Waals surface area contributed by atoms with Gasteiger partial charge in [0.15, 0.2) is 0 Å². The Hall–Kier alpha value is -4.10. The van der Waals surface area contributed by atoms with Gasteiger partial charge in [0.1, 0.15) is 11.5 Å². The maximum Gasteiger partial charge on any atom is 0.264 e. The zero-order valence-electron chi connectivity index (χ0n) is 18.6. The molecule has 0 unspecified atom stereocenters. The topological polar surface area (TPSA) is 75.7 Å². The van der Waals surface area contributed by atoms with Crippen molar-refractivity contribution in [3.8, 4) is 22.6 Å². The van der Waals surface area contributed by atoms with E-state index in [0.29, 0.717) is 39.4 Å². The maximum absolute atomic E-state index is 13.1. The van der Waals surface area contributed by atoms with E-state index in [2.05, 4.69) is 5.32 Å². The molecule has 0 spiro atoms. The van der Waals surface area contributed by atoms with Crippen LogP contribution >= 0.6 is 0 Å². The number of nitrogens with zero attached hydrogens (tertiary/aromatic N) is 1. The van der Waals surface area contributed by atoms with E-state index in [4.69, 9.17) is 4.74 Å². The van der Waals surface area contributed by atoms with Crippen LogP contribution in [0.5, 0.6) is 11.5 Å². The summed E-state index contributed by atoms with van der Waals surface area (Å²) in [4.78, 5) is 13.3. The van der Waals surface area contributed by atoms with Crippen molar-refractivity contribution in [3.05, 3.63) is 102 Å². The highest BCUT2D eigenvalue weighted by Gasteiger charge is 2.33. The molecule has 1 heterocycles. The highest BCUT2D eigenvalue weighted by molar-refractivity contribution is 7.93. The molecule has 0 aliphatic carbocycles. The molecular formula is C27H22N2O4S. The van der Waals surface area contributed by atoms with Gasteiger partial charge in [-0.1, -0.05) is 36.4 Å². The minimum atomic E-state index is -3.64. The van der Waals surface area contributed by atoms with Crippen LogP contribution in [0.1, 0.15) is 15.9 Å². The molecule has 0 radical (unpaired) electrons. The van der Waals surface area contributed by atoms with Crippen LogP contribution in [0, 0.1) is 6.92 Å². The summed E-state index contributed by atoms with van der Waals surface area (Å²) in [7, 11) is -2.11. The Labute approximate surface area is 198 Å². The van der Waals surface area contributed by atoms with Crippen LogP contribution in [0.25, 0.3) is 11.1 Å². The van der Waals surface area contributed by atoms with Gasteiger partial charge < -0.3 is 10.1 Å². The van der Waals surface area contributed by atoms with Crippen molar-refractivity contribution in [2.75, 3.05) is 16.7 Å². The summed E-state index contributed by atoms with van der Waals surface area (Å²) in [5.41, 5.74) is 3.66. The number of anilines is 2. The van der Waals surface area contributed by atoms with E-state index < -0.39 is 10.0 Å². The number of aryl methyl sites for hydroxylation is 1. The van der Waals surface area contributed by atoms with Gasteiger partial charge in [-0.25, -0.2) is 8.42 Å². The third kappa shape index (κ3) is 3.80. The number of para-hydroxylation sites is 1. The van der Waals surface area contributed by atoms with Crippen LogP contribution in [0.2, 0.25) is 0 Å². The summed E-state index contributed by atoms with van der Waals surface area (Å²) >= 11 is 0. The summed E-state index contributed by atoms with van der Waals surface area (Å²) in [6.07, 6.45) is 0. The van der Waals surface area contributed by atoms with Crippen molar-refractivity contribution in [2.24, 2.45) is 0 Å². The fourth-order valence-electron chi connectivity index (χ4n) is 4.15. The zero-order valence-corrected chi connectivity index (χ0v) is 19.5. The second kappa shape index (κ2) is 8.35. The lowest BCUT2D eigenvalue weighted by Crippen LogP contribution is -2.31. The van der Waals surface area contributed by atoms with E-state index in [1.165, 1.54) is 11.4 Å². The minimum Gasteiger partial charge on any atom is -0.457 e. The molecule has 1 aliphatic heterocycles. The molecule has 34 heavy (non-hydrogen) atoms. The molecule has 0 bridgehead atoms. The monoisotopic (exact) mass is 470 g/mol. The van der Waals surface area contributed by atoms with Gasteiger partial charge in [0, 0.05) is 29.4 Å². The number of fused-ring (bicyclic) bond motifs is 3. The van der Waals surface area contributed by atoms with Gasteiger partial charge in [-0.05, 0) is 67.1 Å². The van der Waals surface area contributed by atoms with Crippen LogP contribution in [-0.4, -0.2) is 21.4 Å². The van der Waals surface area contributed by atoms with Crippen LogP contribution in [0.4, 0.5) is 11.4 Å². The summed E-state index contributed by atoms with van der Waals surface area (Å²) in [6, 6.07) is 26.9. The Morgan fingerprint density at radius 1 is 0.824 bits per heavy atom. The molecule has 5 rings (SSSR count). The first-order valence-corrected chi connectivity index (χ1v) is 12.2. The number of nitrogens with one attached hydrogen (secondary N) is 1. The van der Waals surface area contributed by atoms with Crippen molar-refractivity contribution in [1.29, 1.82) is 0 Å². The molecule has 4 aromatic carbocycles. The quantitative estimate of drug-likeness (QED) is 0.406. The van der Waals surface area contributed by atoms with Crippen molar-refractivity contribution >= 4 is 27.3 Å². The second-order valence-corrected chi connectivity index (χ2v) is 9.99. The lowest BCUT2D eigenvalue weighted by Gasteiger charge is -2.31. The lowest BCUT2D eigenvalue weighted by molar-refractivity contribution is 0.102. The molecule has 0 atom stereocenters. The average molecular weight is 471 g/mol. The SMILES string of the molecule is Cc1cc(C(=O)Nc2ccc(Oc3ccccc3)cc2)cc2c1N(C)S(=O)(=O)c1ccccc1-2. The fraction of sp³-hybridized carbons (Fsp3) is 0.0741. The van der Waals surface area contributed by atoms with Crippen molar-refractivity contribution in [2.45, 2.75) is 11.8 Å². The van der Waals surface area contributed by atoms with Gasteiger partial charge in [-0.15, -0.1) is 0 Å². The first-order chi connectivity index (χ1) is 16.3. The average Bonchev–Trinajstić information content (AvgIpc) is 2.84. The van der Waals surface area contributed by atoms with Gasteiger partial charge in [-0.2, -0.15) is 0 Å². The highest BCUT2D eigenvalue weighted by atomic mass is 32.2. The Bertz CT molecular complexity index is 1500. The van der Waals surface area contributed by atoms with E-state index in [-0.39, 0.29) is 10.8 Å². The van der Waals surface area contributed by atoms with Crippen LogP contribution in [0.15, 0.2) is 95.9 Å². The first kappa shape index (κ1) is 21.7. The Morgan fingerprint density at radius 2 is 1.47 bits per heavy atom. The minimum absolute atomic E-state index is 0.232. The van der Waals surface area contributed by atoms with Crippen LogP contribution in [0.3, 0.4) is 0 Å². The summed E-state index contributed by atoms with van der Waals surface area (Å²) in [5, 5.41) is 2.91. The molecule has 4 aromatic rings. The highest BCUT2D eigenvalue weighted by Crippen LogP contribution is 2.44. The summed E-state index contributed by atoms with van der Waals surface area (Å²) in [6.45, 7) is 1.81. The van der Waals surface area contributed by atoms with Crippen LogP contribution < -0.4 is 14.4 Å². The fourth-order valence-corrected chi connectivity index (χ4v) is 5.63. The largest absolute Gasteiger partial charge is 0.457 e. The van der Waals surface area contributed by atoms with Crippen molar-refractivity contribution in [1.82, 2.24) is 0 Å². The zero-order chi connectivity index (χ0) is 23.9. The van der Waals surface area contributed by atoms with E-state index in [9.17, 15) is 13.2 Å². The van der Waals surface area contributed by atoms with Gasteiger partial charge in [0.05, 0.1) is 10.6 Å². The third-order valence-corrected chi connectivity index (χ3v) is 7.60. The predicted molar refractivity (Wildman–Crippen MR) is 133 cm³/mol. The number of hydrogen-bond donors (Lipinski definition) is 1. The summed E-state index contributed by atoms with van der Waals surface area (Å²) in [5.74, 6) is 1.11. The van der Waals surface area contributed by atoms with Crippen molar-refractivity contribution < 1.29 is 17.9 Å². The number of ether oxygens (including phenoxy) is 1. The number of benzene rings is 4. The third-order valence-electron chi connectivity index (χ3n) is 5.78. The van der Waals surface area contributed by atoms with Gasteiger partial charge in [-0.3, -0.25) is 9.10 Å². The normalized spacial score (nSPS) is 13.5. The van der Waals surface area contributed by atoms with Gasteiger partial charge in [0.25, 0.3) is 15.9 Å². The van der Waals surface area contributed by atoms with Gasteiger partial charge in [0.2, 0.25) is 0 Å². The number of carbonyl (C=O) groups excluding carboxylic acids is 1. The molecule has 7 heteroatoms. The van der Waals surface area contributed by atoms with E-state index in [1.807, 2.05) is 37.3 Å². The van der Waals surface area contributed by atoms with Crippen molar-refractivity contribution in [3.63, 3.8) is 0 Å². The molecule has 0 saturated heterocycles. The van der Waals surface area contributed by atoms with E-state index in [0.717, 1.165) is 5.75 Å². The Kier molecular flexibility index (Phi) is 5.34. The smallest absolute Gasteiger partial charge is 0.264 e. The Balaban J connectivity index is 1.43. The molecule has 0 saturated carbocycles. The molecule has 1 N–H and O–H groups in total. The molecular weight excluding hydrogens is 448 g/mol. The first-order valence-electron chi connectivity index (χ1n) is 10.7. The number of rotatable bonds is 4. The second-order valence-electron chi connectivity index (χ2n) is 8.05. The lowest BCUT2D eigenvalue weighted by atomic mass is 9.96. The molecule has 170 valence electrons. The predicted octanol–water partition coefficient (Wildman–Crippen LogP) is 5.85. The standard InChI is InChI=1S/C27H22N2O4S/c1-18-16-19(17-24-23-10-6-7-11-25(23)34(31,32)29(2)26(18)24)27(30)28-20-12-14-22(15-13-20)33-21-8-4-3-5-9-21/h3-17H,1-2H3,(H,28,30).